The molecule has 0 radical (unpaired) electrons. The molecule has 4 N–H and O–H groups in total. The Bertz CT molecular complexity index is 1170. The van der Waals surface area contributed by atoms with Crippen molar-refractivity contribution in [3.05, 3.63) is 75.7 Å². The summed E-state index contributed by atoms with van der Waals surface area (Å²) in [5.41, 5.74) is 9.15. The lowest BCUT2D eigenvalue weighted by Gasteiger charge is -2.49. The molecular weight excluding hydrogens is 459 g/mol. The normalized spacial score (nSPS) is 16.6. The molecule has 4 heterocycles. The molecule has 2 aliphatic rings. The van der Waals surface area contributed by atoms with Gasteiger partial charge in [-0.05, 0) is 49.7 Å². The molecule has 1 spiro atoms. The maximum absolute atomic E-state index is 8.69. The second-order valence-corrected chi connectivity index (χ2v) is 9.38. The average Bonchev–Trinajstić information content (AvgIpc) is 3.29. The van der Waals surface area contributed by atoms with Gasteiger partial charge in [-0.3, -0.25) is 10.4 Å². The number of rotatable bonds is 6. The molecule has 0 unspecified atom stereocenters. The van der Waals surface area contributed by atoms with Crippen LogP contribution in [0.4, 0.5) is 11.5 Å². The number of ether oxygens (including phenoxy) is 1. The lowest BCUT2D eigenvalue weighted by molar-refractivity contribution is 0.293. The molecule has 1 aromatic carbocycles. The van der Waals surface area contributed by atoms with Crippen LogP contribution in [0.1, 0.15) is 29.5 Å². The van der Waals surface area contributed by atoms with Crippen molar-refractivity contribution in [2.75, 3.05) is 30.3 Å². The van der Waals surface area contributed by atoms with Crippen LogP contribution in [0.2, 0.25) is 10.0 Å². The van der Waals surface area contributed by atoms with Gasteiger partial charge in [-0.15, -0.1) is 0 Å². The number of hydrogen-bond acceptors (Lipinski definition) is 7. The molecule has 0 atom stereocenters. The Morgan fingerprint density at radius 1 is 1.15 bits per heavy atom. The lowest BCUT2D eigenvalue weighted by Crippen LogP contribution is -2.67. The number of aromatic nitrogens is 2. The van der Waals surface area contributed by atoms with Gasteiger partial charge in [-0.2, -0.15) is 0 Å². The Labute approximate surface area is 202 Å². The quantitative estimate of drug-likeness (QED) is 0.357. The average molecular weight is 483 g/mol. The number of nitrogens with two attached hydrogens (primary N) is 1. The molecule has 9 heteroatoms. The van der Waals surface area contributed by atoms with E-state index in [0.717, 1.165) is 25.5 Å². The minimum atomic E-state index is 0.180. The van der Waals surface area contributed by atoms with Gasteiger partial charge in [-0.25, -0.2) is 4.98 Å². The molecule has 7 nitrogen and oxygen atoms in total. The Morgan fingerprint density at radius 2 is 1.94 bits per heavy atom. The third-order valence-corrected chi connectivity index (χ3v) is 6.96. The van der Waals surface area contributed by atoms with Gasteiger partial charge in [0.1, 0.15) is 18.2 Å². The molecule has 0 bridgehead atoms. The van der Waals surface area contributed by atoms with Gasteiger partial charge in [-0.1, -0.05) is 23.2 Å². The highest BCUT2D eigenvalue weighted by atomic mass is 35.5. The van der Waals surface area contributed by atoms with Crippen LogP contribution >= 0.6 is 23.2 Å². The fourth-order valence-electron chi connectivity index (χ4n) is 4.43. The first-order chi connectivity index (χ1) is 15.9. The van der Waals surface area contributed by atoms with Crippen molar-refractivity contribution < 1.29 is 4.74 Å². The summed E-state index contributed by atoms with van der Waals surface area (Å²) in [5, 5.41) is 13.2. The smallest absolute Gasteiger partial charge is 0.128 e. The first-order valence-corrected chi connectivity index (χ1v) is 11.6. The van der Waals surface area contributed by atoms with E-state index in [2.05, 4.69) is 20.2 Å². The molecule has 3 aromatic rings. The van der Waals surface area contributed by atoms with Crippen LogP contribution in [0.3, 0.4) is 0 Å². The summed E-state index contributed by atoms with van der Waals surface area (Å²) in [6.45, 7) is 3.24. The summed E-state index contributed by atoms with van der Waals surface area (Å²) in [5.74, 6) is 1.49. The van der Waals surface area contributed by atoms with Gasteiger partial charge in [0.25, 0.3) is 0 Å². The zero-order chi connectivity index (χ0) is 23.0. The zero-order valence-electron chi connectivity index (χ0n) is 17.9. The number of benzene rings is 1. The largest absolute Gasteiger partial charge is 0.489 e. The second-order valence-electron chi connectivity index (χ2n) is 8.57. The van der Waals surface area contributed by atoms with Gasteiger partial charge in [0.15, 0.2) is 0 Å². The number of halogens is 2. The molecular formula is C24H24Cl2N6O. The molecule has 0 aliphatic carbocycles. The van der Waals surface area contributed by atoms with Crippen LogP contribution in [-0.4, -0.2) is 40.9 Å². The minimum Gasteiger partial charge on any atom is -0.489 e. The number of nitrogens with zero attached hydrogens (tertiary/aromatic N) is 3. The third kappa shape index (κ3) is 4.36. The Morgan fingerprint density at radius 3 is 2.61 bits per heavy atom. The topological polar surface area (TPSA) is 100 Å². The van der Waals surface area contributed by atoms with Crippen molar-refractivity contribution in [2.45, 2.75) is 25.0 Å². The van der Waals surface area contributed by atoms with E-state index in [1.165, 1.54) is 25.2 Å². The molecule has 33 heavy (non-hydrogen) atoms. The molecule has 2 saturated heterocycles. The molecule has 0 amide bonds. The molecule has 5 rings (SSSR count). The summed E-state index contributed by atoms with van der Waals surface area (Å²) in [6, 6.07) is 9.12. The molecule has 2 aliphatic heterocycles. The van der Waals surface area contributed by atoms with Gasteiger partial charge in [0, 0.05) is 54.1 Å². The van der Waals surface area contributed by atoms with E-state index < -0.39 is 0 Å². The zero-order valence-corrected chi connectivity index (χ0v) is 19.5. The summed E-state index contributed by atoms with van der Waals surface area (Å²) in [4.78, 5) is 10.8. The number of pyridine rings is 2. The fourth-order valence-corrected chi connectivity index (χ4v) is 4.91. The summed E-state index contributed by atoms with van der Waals surface area (Å²) >= 11 is 12.3. The van der Waals surface area contributed by atoms with E-state index in [9.17, 15) is 0 Å². The summed E-state index contributed by atoms with van der Waals surface area (Å²) < 4.78 is 5.88. The van der Waals surface area contributed by atoms with Crippen LogP contribution in [-0.2, 0) is 6.61 Å². The van der Waals surface area contributed by atoms with Crippen LogP contribution in [0, 0.1) is 5.41 Å². The van der Waals surface area contributed by atoms with Gasteiger partial charge >= 0.3 is 0 Å². The van der Waals surface area contributed by atoms with Crippen LogP contribution < -0.4 is 20.7 Å². The van der Waals surface area contributed by atoms with Crippen molar-refractivity contribution in [2.24, 2.45) is 0 Å². The Balaban J connectivity index is 1.28. The first-order valence-electron chi connectivity index (χ1n) is 10.8. The predicted octanol–water partition coefficient (Wildman–Crippen LogP) is 4.30. The van der Waals surface area contributed by atoms with E-state index in [4.69, 9.17) is 39.1 Å². The second kappa shape index (κ2) is 8.82. The third-order valence-electron chi connectivity index (χ3n) is 6.31. The van der Waals surface area contributed by atoms with Crippen LogP contribution in [0.25, 0.3) is 0 Å². The van der Waals surface area contributed by atoms with Crippen LogP contribution in [0.15, 0.2) is 48.9 Å². The van der Waals surface area contributed by atoms with Crippen molar-refractivity contribution in [1.82, 2.24) is 15.3 Å². The number of hydrogen-bond donors (Lipinski definition) is 3. The summed E-state index contributed by atoms with van der Waals surface area (Å²) in [7, 11) is 0. The Kier molecular flexibility index (Phi) is 5.86. The number of nitrogens with one attached hydrogen (secondary N) is 2. The van der Waals surface area contributed by atoms with Gasteiger partial charge in [0.05, 0.1) is 21.3 Å². The summed E-state index contributed by atoms with van der Waals surface area (Å²) in [6.07, 6.45) is 7.25. The van der Waals surface area contributed by atoms with Gasteiger partial charge < -0.3 is 20.7 Å². The van der Waals surface area contributed by atoms with E-state index in [0.29, 0.717) is 38.2 Å². The fraction of sp³-hybridized carbons (Fsp3) is 0.292. The van der Waals surface area contributed by atoms with E-state index >= 15 is 0 Å². The van der Waals surface area contributed by atoms with Crippen molar-refractivity contribution in [3.8, 4) is 5.75 Å². The molecule has 2 fully saturated rings. The molecule has 170 valence electrons. The minimum absolute atomic E-state index is 0.180. The highest BCUT2D eigenvalue weighted by molar-refractivity contribution is 6.35. The van der Waals surface area contributed by atoms with Crippen LogP contribution in [0.5, 0.6) is 5.75 Å². The number of anilines is 2. The van der Waals surface area contributed by atoms with E-state index in [1.807, 2.05) is 12.1 Å². The predicted molar refractivity (Wildman–Crippen MR) is 132 cm³/mol. The molecule has 2 aromatic heterocycles. The lowest BCUT2D eigenvalue weighted by atomic mass is 9.88. The highest BCUT2D eigenvalue weighted by Gasteiger charge is 2.45. The highest BCUT2D eigenvalue weighted by Crippen LogP contribution is 2.33. The van der Waals surface area contributed by atoms with Crippen molar-refractivity contribution in [3.63, 3.8) is 0 Å². The molecule has 0 saturated carbocycles. The first kappa shape index (κ1) is 21.9. The maximum Gasteiger partial charge on any atom is 0.128 e. The van der Waals surface area contributed by atoms with E-state index in [1.54, 1.807) is 24.4 Å². The SMILES string of the molecule is N=C(c1ccc(N2CC3(CCCN3)C2)nc1)c1cc(OCc2c(Cl)cncc2Cl)ccc1N. The number of nitrogen functional groups attached to an aromatic ring is 1. The Hall–Kier alpha value is -2.87. The van der Waals surface area contributed by atoms with Crippen molar-refractivity contribution >= 4 is 40.4 Å². The standard InChI is InChI=1S/C24H24Cl2N6O/c25-19-10-29-11-20(26)18(19)12-33-16-3-4-21(27)17(8-16)23(28)15-2-5-22(30-9-15)32-13-24(14-32)6-1-7-31-24/h2-5,8-11,28,31H,1,6-7,12-14,27H2. The van der Waals surface area contributed by atoms with Gasteiger partial charge in [0.2, 0.25) is 0 Å². The van der Waals surface area contributed by atoms with Crippen molar-refractivity contribution in [1.29, 1.82) is 5.41 Å². The maximum atomic E-state index is 8.69. The van der Waals surface area contributed by atoms with E-state index in [-0.39, 0.29) is 17.9 Å². The monoisotopic (exact) mass is 482 g/mol.